The number of esters is 1. The fourth-order valence-electron chi connectivity index (χ4n) is 4.32. The molecule has 1 aromatic rings. The largest absolute Gasteiger partial charge is 0.490 e. The number of hydrogen-bond donors (Lipinski definition) is 0. The van der Waals surface area contributed by atoms with E-state index < -0.39 is 0 Å². The topological polar surface area (TPSA) is 35.5 Å². The van der Waals surface area contributed by atoms with Crippen LogP contribution in [0.1, 0.15) is 50.9 Å². The lowest BCUT2D eigenvalue weighted by Gasteiger charge is -2.61. The van der Waals surface area contributed by atoms with Gasteiger partial charge in [0.05, 0.1) is 12.2 Å². The van der Waals surface area contributed by atoms with Gasteiger partial charge < -0.3 is 9.47 Å². The molecule has 0 radical (unpaired) electrons. The molecular weight excluding hydrogens is 276 g/mol. The quantitative estimate of drug-likeness (QED) is 0.777. The monoisotopic (exact) mass is 302 g/mol. The predicted octanol–water partition coefficient (Wildman–Crippen LogP) is 4.31. The minimum Gasteiger partial charge on any atom is -0.490 e. The second-order valence-electron chi connectivity index (χ2n) is 7.36. The Labute approximate surface area is 133 Å². The fraction of sp³-hybridized carbons (Fsp3) is 0.632. The molecule has 0 amide bonds. The van der Waals surface area contributed by atoms with Crippen LogP contribution in [0, 0.1) is 23.2 Å². The summed E-state index contributed by atoms with van der Waals surface area (Å²) in [5, 5.41) is 0. The summed E-state index contributed by atoms with van der Waals surface area (Å²) < 4.78 is 11.2. The molecule has 3 fully saturated rings. The highest BCUT2D eigenvalue weighted by atomic mass is 16.5. The number of rotatable bonds is 4. The Kier molecular flexibility index (Phi) is 3.92. The molecular formula is C19H26O3. The Morgan fingerprint density at radius 1 is 1.23 bits per heavy atom. The number of fused-ring (bicyclic) bond motifs is 2. The third-order valence-electron chi connectivity index (χ3n) is 5.94. The van der Waals surface area contributed by atoms with E-state index in [2.05, 4.69) is 20.8 Å². The van der Waals surface area contributed by atoms with Crippen molar-refractivity contribution in [2.24, 2.45) is 23.2 Å². The summed E-state index contributed by atoms with van der Waals surface area (Å²) in [6, 6.07) is 7.33. The molecule has 3 nitrogen and oxygen atoms in total. The van der Waals surface area contributed by atoms with Crippen molar-refractivity contribution in [2.45, 2.75) is 46.6 Å². The van der Waals surface area contributed by atoms with Crippen molar-refractivity contribution in [3.8, 4) is 5.75 Å². The third-order valence-corrected chi connectivity index (χ3v) is 5.94. The zero-order valence-corrected chi connectivity index (χ0v) is 14.0. The van der Waals surface area contributed by atoms with Crippen molar-refractivity contribution in [2.75, 3.05) is 6.61 Å². The molecule has 0 saturated heterocycles. The van der Waals surface area contributed by atoms with Gasteiger partial charge in [-0.25, -0.2) is 4.79 Å². The summed E-state index contributed by atoms with van der Waals surface area (Å²) in [4.78, 5) is 11.7. The maximum atomic E-state index is 11.7. The van der Waals surface area contributed by atoms with Crippen molar-refractivity contribution < 1.29 is 14.3 Å². The first-order valence-electron chi connectivity index (χ1n) is 8.37. The van der Waals surface area contributed by atoms with Crippen LogP contribution >= 0.6 is 0 Å². The van der Waals surface area contributed by atoms with Crippen LogP contribution in [0.2, 0.25) is 0 Å². The molecule has 0 aromatic heterocycles. The second kappa shape index (κ2) is 5.60. The molecule has 3 aliphatic carbocycles. The van der Waals surface area contributed by atoms with Gasteiger partial charge in [-0.2, -0.15) is 0 Å². The van der Waals surface area contributed by atoms with Crippen LogP contribution in [0.25, 0.3) is 0 Å². The minimum absolute atomic E-state index is 0.275. The molecule has 3 heteroatoms. The third kappa shape index (κ3) is 2.51. The molecule has 0 unspecified atom stereocenters. The van der Waals surface area contributed by atoms with Crippen LogP contribution < -0.4 is 4.74 Å². The van der Waals surface area contributed by atoms with Crippen molar-refractivity contribution in [3.63, 3.8) is 0 Å². The first-order valence-corrected chi connectivity index (χ1v) is 8.37. The Morgan fingerprint density at radius 2 is 1.91 bits per heavy atom. The van der Waals surface area contributed by atoms with Gasteiger partial charge in [-0.3, -0.25) is 0 Å². The maximum absolute atomic E-state index is 11.7. The van der Waals surface area contributed by atoms with Crippen molar-refractivity contribution in [3.05, 3.63) is 29.8 Å². The molecule has 120 valence electrons. The Balaban J connectivity index is 1.64. The van der Waals surface area contributed by atoms with E-state index in [-0.39, 0.29) is 5.97 Å². The van der Waals surface area contributed by atoms with Gasteiger partial charge >= 0.3 is 5.97 Å². The highest BCUT2D eigenvalue weighted by Gasteiger charge is 2.56. The highest BCUT2D eigenvalue weighted by molar-refractivity contribution is 5.89. The van der Waals surface area contributed by atoms with Crippen LogP contribution in [0.4, 0.5) is 0 Å². The molecule has 2 bridgehead atoms. The maximum Gasteiger partial charge on any atom is 0.338 e. The van der Waals surface area contributed by atoms with E-state index >= 15 is 0 Å². The first-order chi connectivity index (χ1) is 10.4. The van der Waals surface area contributed by atoms with Crippen molar-refractivity contribution >= 4 is 5.97 Å². The first kappa shape index (κ1) is 15.4. The Morgan fingerprint density at radius 3 is 2.45 bits per heavy atom. The lowest BCUT2D eigenvalue weighted by molar-refractivity contribution is -0.147. The molecule has 3 saturated carbocycles. The molecule has 4 atom stereocenters. The lowest BCUT2D eigenvalue weighted by atomic mass is 9.45. The number of ether oxygens (including phenoxy) is 2. The molecule has 22 heavy (non-hydrogen) atoms. The summed E-state index contributed by atoms with van der Waals surface area (Å²) in [6.07, 6.45) is 2.80. The summed E-state index contributed by atoms with van der Waals surface area (Å²) in [5.41, 5.74) is 1.06. The molecule has 0 N–H and O–H groups in total. The number of hydrogen-bond acceptors (Lipinski definition) is 3. The zero-order chi connectivity index (χ0) is 15.9. The van der Waals surface area contributed by atoms with E-state index in [1.54, 1.807) is 12.1 Å². The Bertz CT molecular complexity index is 546. The van der Waals surface area contributed by atoms with Gasteiger partial charge in [0.25, 0.3) is 0 Å². The summed E-state index contributed by atoms with van der Waals surface area (Å²) >= 11 is 0. The van der Waals surface area contributed by atoms with E-state index in [1.807, 2.05) is 19.1 Å². The summed E-state index contributed by atoms with van der Waals surface area (Å²) in [5.74, 6) is 2.73. The molecule has 0 aliphatic heterocycles. The summed E-state index contributed by atoms with van der Waals surface area (Å²) in [7, 11) is 0. The molecule has 0 spiro atoms. The molecule has 4 rings (SSSR count). The van der Waals surface area contributed by atoms with E-state index in [9.17, 15) is 4.79 Å². The normalized spacial score (nSPS) is 32.0. The van der Waals surface area contributed by atoms with E-state index in [1.165, 1.54) is 6.42 Å². The number of carbonyl (C=O) groups is 1. The number of carbonyl (C=O) groups excluding carboxylic acids is 1. The number of benzene rings is 1. The van der Waals surface area contributed by atoms with Gasteiger partial charge in [-0.1, -0.05) is 20.8 Å². The smallest absolute Gasteiger partial charge is 0.338 e. The Hall–Kier alpha value is -1.51. The van der Waals surface area contributed by atoms with Crippen molar-refractivity contribution in [1.29, 1.82) is 0 Å². The van der Waals surface area contributed by atoms with Crippen LogP contribution in [-0.4, -0.2) is 18.7 Å². The van der Waals surface area contributed by atoms with Crippen molar-refractivity contribution in [1.82, 2.24) is 0 Å². The van der Waals surface area contributed by atoms with Crippen LogP contribution in [-0.2, 0) is 4.74 Å². The van der Waals surface area contributed by atoms with Crippen LogP contribution in [0.15, 0.2) is 24.3 Å². The van der Waals surface area contributed by atoms with Crippen LogP contribution in [0.5, 0.6) is 5.75 Å². The molecule has 0 heterocycles. The second-order valence-corrected chi connectivity index (χ2v) is 7.36. The fourth-order valence-corrected chi connectivity index (χ4v) is 4.32. The van der Waals surface area contributed by atoms with Crippen LogP contribution in [0.3, 0.4) is 0 Å². The molecule has 1 aromatic carbocycles. The van der Waals surface area contributed by atoms with Gasteiger partial charge in [0.15, 0.2) is 0 Å². The SMILES string of the molecule is CCOC(=O)c1ccc(O[C@@H]2C[C@H]3C[C@@H]([C@@H]2C)C3(C)C)cc1. The summed E-state index contributed by atoms with van der Waals surface area (Å²) in [6.45, 7) is 9.32. The van der Waals surface area contributed by atoms with Gasteiger partial charge in [-0.05, 0) is 67.2 Å². The minimum atomic E-state index is -0.275. The standard InChI is InChI=1S/C19H26O3/c1-5-21-18(20)13-6-8-15(9-7-13)22-17-11-14-10-16(12(17)2)19(14,3)4/h6-9,12,14,16-17H,5,10-11H2,1-4H3/t12-,14+,16-,17+/m0/s1. The van der Waals surface area contributed by atoms with E-state index in [0.29, 0.717) is 29.6 Å². The zero-order valence-electron chi connectivity index (χ0n) is 14.0. The van der Waals surface area contributed by atoms with Gasteiger partial charge in [0.2, 0.25) is 0 Å². The average molecular weight is 302 g/mol. The van der Waals surface area contributed by atoms with E-state index in [4.69, 9.17) is 9.47 Å². The van der Waals surface area contributed by atoms with E-state index in [0.717, 1.165) is 24.0 Å². The predicted molar refractivity (Wildman–Crippen MR) is 86.0 cm³/mol. The van der Waals surface area contributed by atoms with Gasteiger partial charge in [0, 0.05) is 0 Å². The lowest BCUT2D eigenvalue weighted by Crippen LogP contribution is -2.57. The molecule has 3 aliphatic rings. The van der Waals surface area contributed by atoms with Gasteiger partial charge in [-0.15, -0.1) is 0 Å². The van der Waals surface area contributed by atoms with Gasteiger partial charge in [0.1, 0.15) is 11.9 Å². The highest BCUT2D eigenvalue weighted by Crippen LogP contribution is 2.61. The average Bonchev–Trinajstić information content (AvgIpc) is 2.49.